The molecule has 1 atom stereocenters. The molecule has 2 fully saturated rings. The molecule has 3 rings (SSSR count). The van der Waals surface area contributed by atoms with Crippen LogP contribution in [0.15, 0.2) is 12.4 Å². The fraction of sp³-hybridized carbons (Fsp3) is 0.733. The van der Waals surface area contributed by atoms with E-state index in [1.807, 2.05) is 11.0 Å². The van der Waals surface area contributed by atoms with Crippen molar-refractivity contribution in [3.63, 3.8) is 0 Å². The number of rotatable bonds is 3. The summed E-state index contributed by atoms with van der Waals surface area (Å²) in [6, 6.07) is 1.93. The molecule has 1 aromatic heterocycles. The van der Waals surface area contributed by atoms with Crippen molar-refractivity contribution in [3.8, 4) is 0 Å². The van der Waals surface area contributed by atoms with E-state index in [1.54, 1.807) is 6.33 Å². The molecule has 0 saturated carbocycles. The first kappa shape index (κ1) is 15.5. The molecule has 0 radical (unpaired) electrons. The third-order valence-corrected chi connectivity index (χ3v) is 4.60. The molecule has 0 aliphatic carbocycles. The van der Waals surface area contributed by atoms with E-state index in [1.165, 1.54) is 0 Å². The summed E-state index contributed by atoms with van der Waals surface area (Å²) < 4.78 is 0. The van der Waals surface area contributed by atoms with Crippen LogP contribution in [-0.4, -0.2) is 69.8 Å². The predicted molar refractivity (Wildman–Crippen MR) is 83.0 cm³/mol. The van der Waals surface area contributed by atoms with E-state index < -0.39 is 5.60 Å². The summed E-state index contributed by atoms with van der Waals surface area (Å²) in [5, 5.41) is 29.2. The van der Waals surface area contributed by atoms with Crippen molar-refractivity contribution < 1.29 is 15.3 Å². The summed E-state index contributed by atoms with van der Waals surface area (Å²) in [7, 11) is 0. The number of β-amino-alcohol motifs (C(OH)–C–C–N with tert-alkyl or cyclic N) is 1. The van der Waals surface area contributed by atoms with Crippen molar-refractivity contribution in [1.82, 2.24) is 9.97 Å². The van der Waals surface area contributed by atoms with E-state index in [9.17, 15) is 15.3 Å². The summed E-state index contributed by atoms with van der Waals surface area (Å²) in [6.07, 6.45) is 4.29. The van der Waals surface area contributed by atoms with Crippen LogP contribution in [-0.2, 0) is 0 Å². The Balaban J connectivity index is 1.73. The number of piperidine rings is 2. The number of hydrogen-bond acceptors (Lipinski definition) is 7. The van der Waals surface area contributed by atoms with Gasteiger partial charge in [-0.1, -0.05) is 0 Å². The maximum absolute atomic E-state index is 10.3. The van der Waals surface area contributed by atoms with Gasteiger partial charge in [-0.25, -0.2) is 9.97 Å². The summed E-state index contributed by atoms with van der Waals surface area (Å²) in [5.74, 6) is 1.64. The Kier molecular flexibility index (Phi) is 4.46. The zero-order chi connectivity index (χ0) is 15.6. The average molecular weight is 308 g/mol. The Bertz CT molecular complexity index is 507. The van der Waals surface area contributed by atoms with E-state index in [-0.39, 0.29) is 12.7 Å². The van der Waals surface area contributed by atoms with Crippen molar-refractivity contribution in [2.75, 3.05) is 42.6 Å². The van der Waals surface area contributed by atoms with Crippen LogP contribution in [0.1, 0.15) is 25.7 Å². The highest BCUT2D eigenvalue weighted by atomic mass is 16.3. The third kappa shape index (κ3) is 3.31. The molecule has 2 aliphatic rings. The lowest BCUT2D eigenvalue weighted by Gasteiger charge is -2.39. The topological polar surface area (TPSA) is 93.0 Å². The van der Waals surface area contributed by atoms with Gasteiger partial charge in [-0.15, -0.1) is 0 Å². The highest BCUT2D eigenvalue weighted by Crippen LogP contribution is 2.27. The molecule has 7 heteroatoms. The normalized spacial score (nSPS) is 27.2. The molecule has 0 aromatic carbocycles. The predicted octanol–water partition coefficient (Wildman–Crippen LogP) is -0.239. The van der Waals surface area contributed by atoms with Gasteiger partial charge in [0.15, 0.2) is 0 Å². The van der Waals surface area contributed by atoms with E-state index >= 15 is 0 Å². The molecule has 2 aliphatic heterocycles. The van der Waals surface area contributed by atoms with Crippen LogP contribution in [0, 0.1) is 0 Å². The largest absolute Gasteiger partial charge is 0.393 e. The van der Waals surface area contributed by atoms with Crippen LogP contribution in [0.3, 0.4) is 0 Å². The number of anilines is 2. The number of aliphatic hydroxyl groups is 3. The second kappa shape index (κ2) is 6.36. The molecule has 3 heterocycles. The second-order valence-electron chi connectivity index (χ2n) is 6.36. The summed E-state index contributed by atoms with van der Waals surface area (Å²) in [5.41, 5.74) is -1.04. The fourth-order valence-electron chi connectivity index (χ4n) is 3.21. The molecule has 7 nitrogen and oxygen atoms in total. The molecular weight excluding hydrogens is 284 g/mol. The molecule has 0 spiro atoms. The zero-order valence-electron chi connectivity index (χ0n) is 12.7. The lowest BCUT2D eigenvalue weighted by atomic mass is 9.94. The molecule has 2 saturated heterocycles. The van der Waals surface area contributed by atoms with Crippen molar-refractivity contribution >= 4 is 11.6 Å². The Morgan fingerprint density at radius 1 is 1.14 bits per heavy atom. The van der Waals surface area contributed by atoms with Crippen LogP contribution in [0.25, 0.3) is 0 Å². The first-order valence-corrected chi connectivity index (χ1v) is 7.93. The average Bonchev–Trinajstić information content (AvgIpc) is 2.56. The Labute approximate surface area is 130 Å². The molecule has 0 amide bonds. The van der Waals surface area contributed by atoms with Gasteiger partial charge in [0.05, 0.1) is 19.3 Å². The lowest BCUT2D eigenvalue weighted by Crippen LogP contribution is -2.50. The van der Waals surface area contributed by atoms with Crippen LogP contribution in [0.2, 0.25) is 0 Å². The van der Waals surface area contributed by atoms with E-state index in [4.69, 9.17) is 0 Å². The Hall–Kier alpha value is -1.44. The van der Waals surface area contributed by atoms with Gasteiger partial charge in [0.1, 0.15) is 23.6 Å². The Morgan fingerprint density at radius 3 is 2.50 bits per heavy atom. The maximum atomic E-state index is 10.3. The smallest absolute Gasteiger partial charge is 0.134 e. The van der Waals surface area contributed by atoms with E-state index in [0.29, 0.717) is 13.0 Å². The molecule has 1 aromatic rings. The molecule has 122 valence electrons. The number of aliphatic hydroxyl groups excluding tert-OH is 2. The van der Waals surface area contributed by atoms with Crippen molar-refractivity contribution in [2.24, 2.45) is 0 Å². The zero-order valence-corrected chi connectivity index (χ0v) is 12.7. The van der Waals surface area contributed by atoms with Gasteiger partial charge < -0.3 is 25.1 Å². The molecule has 0 unspecified atom stereocenters. The van der Waals surface area contributed by atoms with Crippen molar-refractivity contribution in [2.45, 2.75) is 37.4 Å². The number of nitrogens with zero attached hydrogens (tertiary/aromatic N) is 4. The van der Waals surface area contributed by atoms with Crippen LogP contribution in [0.5, 0.6) is 0 Å². The minimum atomic E-state index is -1.04. The van der Waals surface area contributed by atoms with Crippen molar-refractivity contribution in [1.29, 1.82) is 0 Å². The van der Waals surface area contributed by atoms with Gasteiger partial charge in [-0.05, 0) is 25.7 Å². The first-order chi connectivity index (χ1) is 10.6. The van der Waals surface area contributed by atoms with Gasteiger partial charge in [-0.2, -0.15) is 0 Å². The fourth-order valence-corrected chi connectivity index (χ4v) is 3.21. The van der Waals surface area contributed by atoms with Crippen LogP contribution < -0.4 is 9.80 Å². The number of hydrogen-bond donors (Lipinski definition) is 3. The monoisotopic (exact) mass is 308 g/mol. The molecule has 0 bridgehead atoms. The summed E-state index contributed by atoms with van der Waals surface area (Å²) >= 11 is 0. The maximum Gasteiger partial charge on any atom is 0.134 e. The second-order valence-corrected chi connectivity index (χ2v) is 6.36. The molecule has 22 heavy (non-hydrogen) atoms. The summed E-state index contributed by atoms with van der Waals surface area (Å²) in [4.78, 5) is 12.8. The standard InChI is InChI=1S/C15H24N4O3/c20-10-15(22)4-1-5-19(9-15)14-8-13(16-11-17-14)18-6-2-12(21)3-7-18/h8,11-12,20-22H,1-7,9-10H2/t15-/m0/s1. The summed E-state index contributed by atoms with van der Waals surface area (Å²) in [6.45, 7) is 2.55. The first-order valence-electron chi connectivity index (χ1n) is 7.93. The van der Waals surface area contributed by atoms with Crippen LogP contribution in [0.4, 0.5) is 11.6 Å². The van der Waals surface area contributed by atoms with E-state index in [0.717, 1.165) is 50.5 Å². The van der Waals surface area contributed by atoms with Gasteiger partial charge >= 0.3 is 0 Å². The van der Waals surface area contributed by atoms with Gasteiger partial charge in [0.25, 0.3) is 0 Å². The highest BCUT2D eigenvalue weighted by molar-refractivity contribution is 5.51. The molecule has 3 N–H and O–H groups in total. The van der Waals surface area contributed by atoms with Crippen LogP contribution >= 0.6 is 0 Å². The SMILES string of the molecule is OC[C@]1(O)CCCN(c2cc(N3CCC(O)CC3)ncn2)C1. The minimum absolute atomic E-state index is 0.209. The Morgan fingerprint density at radius 2 is 1.82 bits per heavy atom. The van der Waals surface area contributed by atoms with E-state index in [2.05, 4.69) is 14.9 Å². The van der Waals surface area contributed by atoms with Gasteiger partial charge in [-0.3, -0.25) is 0 Å². The lowest BCUT2D eigenvalue weighted by molar-refractivity contribution is -0.0242. The van der Waals surface area contributed by atoms with Gasteiger partial charge in [0, 0.05) is 25.7 Å². The number of aromatic nitrogens is 2. The molecular formula is C15H24N4O3. The highest BCUT2D eigenvalue weighted by Gasteiger charge is 2.33. The quantitative estimate of drug-likeness (QED) is 0.710. The van der Waals surface area contributed by atoms with Gasteiger partial charge in [0.2, 0.25) is 0 Å². The third-order valence-electron chi connectivity index (χ3n) is 4.60. The van der Waals surface area contributed by atoms with Crippen molar-refractivity contribution in [3.05, 3.63) is 12.4 Å². The minimum Gasteiger partial charge on any atom is -0.393 e.